The molecule has 0 aromatic heterocycles. The summed E-state index contributed by atoms with van der Waals surface area (Å²) >= 11 is 11.7. The Kier molecular flexibility index (Phi) is 6.41. The van der Waals surface area contributed by atoms with Crippen molar-refractivity contribution in [3.8, 4) is 0 Å². The summed E-state index contributed by atoms with van der Waals surface area (Å²) in [5.41, 5.74) is 4.40. The monoisotopic (exact) mass is 400 g/mol. The maximum absolute atomic E-state index is 12.1. The molecule has 0 spiro atoms. The van der Waals surface area contributed by atoms with Crippen molar-refractivity contribution in [2.45, 2.75) is 11.3 Å². The van der Waals surface area contributed by atoms with E-state index in [2.05, 4.69) is 10.9 Å². The van der Waals surface area contributed by atoms with Gasteiger partial charge in [0.15, 0.2) is 9.84 Å². The molecule has 0 aliphatic heterocycles. The molecule has 0 aliphatic carbocycles. The smallest absolute Gasteiger partial charge is 0.271 e. The predicted octanol–water partition coefficient (Wildman–Crippen LogP) is 2.62. The summed E-state index contributed by atoms with van der Waals surface area (Å²) in [4.78, 5) is 23.9. The summed E-state index contributed by atoms with van der Waals surface area (Å²) in [6.07, 6.45) is -0.305. The van der Waals surface area contributed by atoms with Gasteiger partial charge in [0, 0.05) is 11.4 Å². The molecular weight excluding hydrogens is 387 g/mol. The number of carbonyl (C=O) groups excluding carboxylic acids is 2. The second-order valence-electron chi connectivity index (χ2n) is 5.01. The topological polar surface area (TPSA) is 92.3 Å². The first-order chi connectivity index (χ1) is 11.8. The summed E-state index contributed by atoms with van der Waals surface area (Å²) in [6, 6.07) is 12.1. The van der Waals surface area contributed by atoms with Gasteiger partial charge in [-0.15, -0.1) is 0 Å². The van der Waals surface area contributed by atoms with Crippen LogP contribution >= 0.6 is 23.2 Å². The maximum Gasteiger partial charge on any atom is 0.271 e. The van der Waals surface area contributed by atoms with Crippen molar-refractivity contribution < 1.29 is 18.0 Å². The normalized spacial score (nSPS) is 11.0. The molecule has 25 heavy (non-hydrogen) atoms. The molecule has 6 nitrogen and oxygen atoms in total. The van der Waals surface area contributed by atoms with E-state index in [9.17, 15) is 18.0 Å². The number of carbonyl (C=O) groups is 2. The van der Waals surface area contributed by atoms with Gasteiger partial charge in [0.25, 0.3) is 5.91 Å². The molecular formula is C16H14Cl2N2O4S. The van der Waals surface area contributed by atoms with Crippen molar-refractivity contribution in [1.82, 2.24) is 10.9 Å². The number of amides is 2. The van der Waals surface area contributed by atoms with Gasteiger partial charge in [-0.25, -0.2) is 8.42 Å². The minimum Gasteiger partial charge on any atom is -0.273 e. The van der Waals surface area contributed by atoms with E-state index in [0.717, 1.165) is 0 Å². The summed E-state index contributed by atoms with van der Waals surface area (Å²) < 4.78 is 24.2. The highest BCUT2D eigenvalue weighted by molar-refractivity contribution is 7.91. The number of sulfone groups is 1. The van der Waals surface area contributed by atoms with Crippen LogP contribution in [0.3, 0.4) is 0 Å². The van der Waals surface area contributed by atoms with Crippen molar-refractivity contribution in [1.29, 1.82) is 0 Å². The van der Waals surface area contributed by atoms with Gasteiger partial charge >= 0.3 is 0 Å². The molecule has 2 amide bonds. The van der Waals surface area contributed by atoms with Crippen molar-refractivity contribution in [2.75, 3.05) is 5.75 Å². The highest BCUT2D eigenvalue weighted by Crippen LogP contribution is 2.20. The lowest BCUT2D eigenvalue weighted by Gasteiger charge is -2.09. The van der Waals surface area contributed by atoms with E-state index in [0.29, 0.717) is 5.02 Å². The van der Waals surface area contributed by atoms with Gasteiger partial charge in [-0.1, -0.05) is 41.4 Å². The van der Waals surface area contributed by atoms with Crippen LogP contribution in [-0.2, 0) is 14.6 Å². The summed E-state index contributed by atoms with van der Waals surface area (Å²) in [5.74, 6) is -1.69. The van der Waals surface area contributed by atoms with Crippen molar-refractivity contribution >= 4 is 44.9 Å². The van der Waals surface area contributed by atoms with Crippen LogP contribution in [0.25, 0.3) is 0 Å². The van der Waals surface area contributed by atoms with Crippen LogP contribution in [-0.4, -0.2) is 26.0 Å². The molecule has 0 bridgehead atoms. The number of nitrogens with one attached hydrogen (secondary N) is 2. The first-order valence-electron chi connectivity index (χ1n) is 7.11. The van der Waals surface area contributed by atoms with Gasteiger partial charge in [-0.05, 0) is 30.3 Å². The minimum atomic E-state index is -3.57. The molecule has 0 saturated carbocycles. The fourth-order valence-corrected chi connectivity index (χ4v) is 3.54. The molecule has 0 heterocycles. The van der Waals surface area contributed by atoms with E-state index in [1.165, 1.54) is 30.3 Å². The van der Waals surface area contributed by atoms with Crippen LogP contribution in [0.15, 0.2) is 53.4 Å². The third-order valence-corrected chi connectivity index (χ3v) is 5.49. The van der Waals surface area contributed by atoms with Crippen LogP contribution in [0, 0.1) is 0 Å². The van der Waals surface area contributed by atoms with Crippen LogP contribution in [0.1, 0.15) is 16.8 Å². The fourth-order valence-electron chi connectivity index (χ4n) is 1.90. The van der Waals surface area contributed by atoms with Gasteiger partial charge in [0.2, 0.25) is 5.91 Å². The molecule has 2 aromatic rings. The zero-order valence-corrected chi connectivity index (χ0v) is 15.2. The molecule has 2 aromatic carbocycles. The van der Waals surface area contributed by atoms with Gasteiger partial charge in [0.05, 0.1) is 21.2 Å². The van der Waals surface area contributed by atoms with Crippen molar-refractivity contribution in [3.05, 3.63) is 64.1 Å². The average molecular weight is 401 g/mol. The third kappa shape index (κ3) is 5.45. The first kappa shape index (κ1) is 19.2. The SMILES string of the molecule is O=C(CCS(=O)(=O)c1ccccc1)NNC(=O)c1cc(Cl)ccc1Cl. The van der Waals surface area contributed by atoms with Gasteiger partial charge in [0.1, 0.15) is 0 Å². The molecule has 2 rings (SSSR count). The Bertz CT molecular complexity index is 886. The number of hydrazine groups is 1. The maximum atomic E-state index is 12.1. The predicted molar refractivity (Wildman–Crippen MR) is 95.2 cm³/mol. The fraction of sp³-hybridized carbons (Fsp3) is 0.125. The van der Waals surface area contributed by atoms with Crippen LogP contribution < -0.4 is 10.9 Å². The summed E-state index contributed by atoms with van der Waals surface area (Å²) in [6.45, 7) is 0. The molecule has 2 N–H and O–H groups in total. The van der Waals surface area contributed by atoms with Gasteiger partial charge in [-0.3, -0.25) is 20.4 Å². The minimum absolute atomic E-state index is 0.0892. The lowest BCUT2D eigenvalue weighted by molar-refractivity contribution is -0.121. The lowest BCUT2D eigenvalue weighted by Crippen LogP contribution is -2.42. The average Bonchev–Trinajstić information content (AvgIpc) is 2.60. The molecule has 0 aliphatic rings. The molecule has 132 valence electrons. The van der Waals surface area contributed by atoms with E-state index >= 15 is 0 Å². The number of hydrogen-bond acceptors (Lipinski definition) is 4. The number of halogens is 2. The van der Waals surface area contributed by atoms with E-state index < -0.39 is 21.7 Å². The van der Waals surface area contributed by atoms with Crippen LogP contribution in [0.2, 0.25) is 10.0 Å². The standard InChI is InChI=1S/C16H14Cl2N2O4S/c17-11-6-7-14(18)13(10-11)16(22)20-19-15(21)8-9-25(23,24)12-4-2-1-3-5-12/h1-7,10H,8-9H2,(H,19,21)(H,20,22). The second kappa shape index (κ2) is 8.33. The largest absolute Gasteiger partial charge is 0.273 e. The summed E-state index contributed by atoms with van der Waals surface area (Å²) in [5, 5.41) is 0.484. The van der Waals surface area contributed by atoms with E-state index in [1.54, 1.807) is 18.2 Å². The molecule has 0 atom stereocenters. The van der Waals surface area contributed by atoms with E-state index in [1.807, 2.05) is 0 Å². The zero-order chi connectivity index (χ0) is 18.4. The van der Waals surface area contributed by atoms with Crippen molar-refractivity contribution in [3.63, 3.8) is 0 Å². The van der Waals surface area contributed by atoms with E-state index in [-0.39, 0.29) is 27.7 Å². The third-order valence-electron chi connectivity index (χ3n) is 3.19. The molecule has 0 saturated heterocycles. The Morgan fingerprint density at radius 1 is 0.960 bits per heavy atom. The Hall–Kier alpha value is -2.09. The lowest BCUT2D eigenvalue weighted by atomic mass is 10.2. The van der Waals surface area contributed by atoms with Gasteiger partial charge < -0.3 is 0 Å². The quantitative estimate of drug-likeness (QED) is 0.754. The highest BCUT2D eigenvalue weighted by Gasteiger charge is 2.17. The molecule has 0 radical (unpaired) electrons. The first-order valence-corrected chi connectivity index (χ1v) is 9.52. The number of hydrogen-bond donors (Lipinski definition) is 2. The Morgan fingerprint density at radius 2 is 1.64 bits per heavy atom. The molecule has 0 fully saturated rings. The molecule has 9 heteroatoms. The Morgan fingerprint density at radius 3 is 2.32 bits per heavy atom. The second-order valence-corrected chi connectivity index (χ2v) is 7.96. The van der Waals surface area contributed by atoms with Crippen molar-refractivity contribution in [2.24, 2.45) is 0 Å². The Labute approximate surface area is 155 Å². The van der Waals surface area contributed by atoms with Crippen LogP contribution in [0.5, 0.6) is 0 Å². The summed E-state index contributed by atoms with van der Waals surface area (Å²) in [7, 11) is -3.57. The highest BCUT2D eigenvalue weighted by atomic mass is 35.5. The number of rotatable bonds is 5. The zero-order valence-electron chi connectivity index (χ0n) is 12.8. The van der Waals surface area contributed by atoms with Gasteiger partial charge in [-0.2, -0.15) is 0 Å². The van der Waals surface area contributed by atoms with E-state index in [4.69, 9.17) is 23.2 Å². The Balaban J connectivity index is 1.89. The molecule has 0 unspecified atom stereocenters. The van der Waals surface area contributed by atoms with Crippen LogP contribution in [0.4, 0.5) is 0 Å². The number of benzene rings is 2.